The molecule has 0 aromatic carbocycles. The lowest BCUT2D eigenvalue weighted by atomic mass is 10.0. The Morgan fingerprint density at radius 2 is 2.09 bits per heavy atom. The topological polar surface area (TPSA) is 36.4 Å². The second-order valence-electron chi connectivity index (χ2n) is 5.63. The summed E-state index contributed by atoms with van der Waals surface area (Å²) >= 11 is 8.94. The molecule has 4 nitrogen and oxygen atoms in total. The SMILES string of the molecule is CN(C)C1CCN(C(=O)c2csc(-c3ccc(Cl)s3)n2)CC1. The zero-order valence-electron chi connectivity index (χ0n) is 12.6. The van der Waals surface area contributed by atoms with Crippen molar-refractivity contribution in [2.75, 3.05) is 27.2 Å². The van der Waals surface area contributed by atoms with Crippen molar-refractivity contribution in [1.82, 2.24) is 14.8 Å². The Morgan fingerprint density at radius 3 is 2.68 bits per heavy atom. The Morgan fingerprint density at radius 1 is 1.36 bits per heavy atom. The van der Waals surface area contributed by atoms with Gasteiger partial charge in [0.25, 0.3) is 5.91 Å². The zero-order valence-corrected chi connectivity index (χ0v) is 15.0. The predicted molar refractivity (Wildman–Crippen MR) is 93.0 cm³/mol. The number of amides is 1. The van der Waals surface area contributed by atoms with Crippen LogP contribution in [0.4, 0.5) is 0 Å². The minimum Gasteiger partial charge on any atom is -0.337 e. The summed E-state index contributed by atoms with van der Waals surface area (Å²) in [6.45, 7) is 1.61. The molecule has 118 valence electrons. The minimum atomic E-state index is 0.0439. The van der Waals surface area contributed by atoms with Crippen molar-refractivity contribution < 1.29 is 4.79 Å². The smallest absolute Gasteiger partial charge is 0.273 e. The molecule has 0 N–H and O–H groups in total. The first-order valence-electron chi connectivity index (χ1n) is 7.21. The van der Waals surface area contributed by atoms with Gasteiger partial charge in [0.15, 0.2) is 0 Å². The largest absolute Gasteiger partial charge is 0.337 e. The van der Waals surface area contributed by atoms with E-state index in [1.54, 1.807) is 0 Å². The Labute approximate surface area is 143 Å². The van der Waals surface area contributed by atoms with Crippen molar-refractivity contribution >= 4 is 40.2 Å². The van der Waals surface area contributed by atoms with Crippen molar-refractivity contribution in [3.8, 4) is 9.88 Å². The molecule has 0 spiro atoms. The number of hydrogen-bond donors (Lipinski definition) is 0. The molecule has 22 heavy (non-hydrogen) atoms. The maximum absolute atomic E-state index is 12.6. The van der Waals surface area contributed by atoms with Crippen LogP contribution in [0.5, 0.6) is 0 Å². The van der Waals surface area contributed by atoms with Gasteiger partial charge in [0.2, 0.25) is 0 Å². The second-order valence-corrected chi connectivity index (χ2v) is 8.20. The van der Waals surface area contributed by atoms with Crippen molar-refractivity contribution in [3.05, 3.63) is 27.5 Å². The van der Waals surface area contributed by atoms with Gasteiger partial charge in [0.05, 0.1) is 9.21 Å². The fraction of sp³-hybridized carbons (Fsp3) is 0.467. The predicted octanol–water partition coefficient (Wildman–Crippen LogP) is 3.69. The van der Waals surface area contributed by atoms with Crippen LogP contribution in [-0.4, -0.2) is 53.9 Å². The van der Waals surface area contributed by atoms with Gasteiger partial charge in [0.1, 0.15) is 10.7 Å². The zero-order chi connectivity index (χ0) is 15.7. The molecule has 3 heterocycles. The first-order chi connectivity index (χ1) is 10.5. The van der Waals surface area contributed by atoms with Crippen LogP contribution in [0.2, 0.25) is 4.34 Å². The highest BCUT2D eigenvalue weighted by atomic mass is 35.5. The van der Waals surface area contributed by atoms with Crippen LogP contribution >= 0.6 is 34.3 Å². The van der Waals surface area contributed by atoms with Crippen molar-refractivity contribution in [2.45, 2.75) is 18.9 Å². The molecule has 0 saturated carbocycles. The standard InChI is InChI=1S/C15H18ClN3OS2/c1-18(2)10-5-7-19(8-6-10)15(20)11-9-21-14(17-11)12-3-4-13(16)22-12/h3-4,9-10H,5-8H2,1-2H3. The van der Waals surface area contributed by atoms with Gasteiger partial charge in [-0.2, -0.15) is 0 Å². The van der Waals surface area contributed by atoms with E-state index in [1.807, 2.05) is 22.4 Å². The van der Waals surface area contributed by atoms with Gasteiger partial charge in [0, 0.05) is 24.5 Å². The molecular formula is C15H18ClN3OS2. The van der Waals surface area contributed by atoms with Crippen LogP contribution in [0.25, 0.3) is 9.88 Å². The molecule has 2 aromatic heterocycles. The Balaban J connectivity index is 1.67. The van der Waals surface area contributed by atoms with E-state index in [4.69, 9.17) is 11.6 Å². The first-order valence-corrected chi connectivity index (χ1v) is 9.29. The third-order valence-electron chi connectivity index (χ3n) is 3.99. The lowest BCUT2D eigenvalue weighted by molar-refractivity contribution is 0.0658. The van der Waals surface area contributed by atoms with Gasteiger partial charge in [-0.3, -0.25) is 4.79 Å². The first kappa shape index (κ1) is 15.9. The average molecular weight is 356 g/mol. The van der Waals surface area contributed by atoms with Gasteiger partial charge in [-0.05, 0) is 39.1 Å². The molecule has 3 rings (SSSR count). The molecule has 1 aliphatic rings. The molecule has 1 aliphatic heterocycles. The third kappa shape index (κ3) is 3.35. The summed E-state index contributed by atoms with van der Waals surface area (Å²) < 4.78 is 0.740. The summed E-state index contributed by atoms with van der Waals surface area (Å²) in [5.41, 5.74) is 0.549. The van der Waals surface area contributed by atoms with Crippen LogP contribution in [0, 0.1) is 0 Å². The van der Waals surface area contributed by atoms with Crippen molar-refractivity contribution in [2.24, 2.45) is 0 Å². The molecule has 2 aromatic rings. The molecule has 0 atom stereocenters. The fourth-order valence-corrected chi connectivity index (χ4v) is 4.57. The van der Waals surface area contributed by atoms with E-state index in [-0.39, 0.29) is 5.91 Å². The second kappa shape index (κ2) is 6.66. The molecule has 0 unspecified atom stereocenters. The van der Waals surface area contributed by atoms with E-state index in [0.717, 1.165) is 40.2 Å². The van der Waals surface area contributed by atoms with E-state index in [9.17, 15) is 4.79 Å². The highest BCUT2D eigenvalue weighted by molar-refractivity contribution is 7.23. The molecule has 0 radical (unpaired) electrons. The molecule has 0 aliphatic carbocycles. The number of likely N-dealkylation sites (tertiary alicyclic amines) is 1. The molecular weight excluding hydrogens is 338 g/mol. The monoisotopic (exact) mass is 355 g/mol. The normalized spacial score (nSPS) is 16.5. The molecule has 1 saturated heterocycles. The number of thiophene rings is 1. The number of carbonyl (C=O) groups is 1. The number of hydrogen-bond acceptors (Lipinski definition) is 5. The van der Waals surface area contributed by atoms with Crippen LogP contribution in [0.15, 0.2) is 17.5 Å². The lowest BCUT2D eigenvalue weighted by Gasteiger charge is -2.34. The summed E-state index contributed by atoms with van der Waals surface area (Å²) in [6, 6.07) is 4.38. The minimum absolute atomic E-state index is 0.0439. The van der Waals surface area contributed by atoms with Gasteiger partial charge in [-0.15, -0.1) is 22.7 Å². The van der Waals surface area contributed by atoms with Crippen LogP contribution in [-0.2, 0) is 0 Å². The summed E-state index contributed by atoms with van der Waals surface area (Å²) in [4.78, 5) is 22.2. The van der Waals surface area contributed by atoms with Crippen LogP contribution in [0.1, 0.15) is 23.3 Å². The van der Waals surface area contributed by atoms with Gasteiger partial charge >= 0.3 is 0 Å². The Hall–Kier alpha value is -0.950. The summed E-state index contributed by atoms with van der Waals surface area (Å²) in [5.74, 6) is 0.0439. The highest BCUT2D eigenvalue weighted by Gasteiger charge is 2.26. The Bertz CT molecular complexity index is 659. The number of aromatic nitrogens is 1. The van der Waals surface area contributed by atoms with Gasteiger partial charge < -0.3 is 9.80 Å². The van der Waals surface area contributed by atoms with Crippen molar-refractivity contribution in [3.63, 3.8) is 0 Å². The Kier molecular flexibility index (Phi) is 4.82. The number of halogens is 1. The molecule has 1 fully saturated rings. The van der Waals surface area contributed by atoms with E-state index >= 15 is 0 Å². The maximum atomic E-state index is 12.6. The molecule has 7 heteroatoms. The number of rotatable bonds is 3. The van der Waals surface area contributed by atoms with Gasteiger partial charge in [-0.25, -0.2) is 4.98 Å². The maximum Gasteiger partial charge on any atom is 0.273 e. The van der Waals surface area contributed by atoms with E-state index in [2.05, 4.69) is 24.0 Å². The number of thiazole rings is 1. The van der Waals surface area contributed by atoms with E-state index in [1.165, 1.54) is 22.7 Å². The van der Waals surface area contributed by atoms with Crippen LogP contribution in [0.3, 0.4) is 0 Å². The quantitative estimate of drug-likeness (QED) is 0.842. The summed E-state index contributed by atoms with van der Waals surface area (Å²) in [5, 5.41) is 2.71. The average Bonchev–Trinajstić information content (AvgIpc) is 3.15. The number of carbonyl (C=O) groups excluding carboxylic acids is 1. The summed E-state index contributed by atoms with van der Waals surface area (Å²) in [7, 11) is 4.20. The number of nitrogens with zero attached hydrogens (tertiary/aromatic N) is 3. The molecule has 1 amide bonds. The fourth-order valence-electron chi connectivity index (χ4n) is 2.66. The summed E-state index contributed by atoms with van der Waals surface area (Å²) in [6.07, 6.45) is 2.05. The van der Waals surface area contributed by atoms with Gasteiger partial charge in [-0.1, -0.05) is 11.6 Å². The van der Waals surface area contributed by atoms with E-state index < -0.39 is 0 Å². The van der Waals surface area contributed by atoms with E-state index in [0.29, 0.717) is 11.7 Å². The third-order valence-corrected chi connectivity index (χ3v) is 6.23. The van der Waals surface area contributed by atoms with Crippen molar-refractivity contribution in [1.29, 1.82) is 0 Å². The molecule has 0 bridgehead atoms. The lowest BCUT2D eigenvalue weighted by Crippen LogP contribution is -2.44. The highest BCUT2D eigenvalue weighted by Crippen LogP contribution is 2.33. The van der Waals surface area contributed by atoms with Crippen LogP contribution < -0.4 is 0 Å². The number of piperidine rings is 1.